The molecule has 0 spiro atoms. The summed E-state index contributed by atoms with van der Waals surface area (Å²) < 4.78 is 6.95. The Balaban J connectivity index is 1.85. The third-order valence-electron chi connectivity index (χ3n) is 5.64. The van der Waals surface area contributed by atoms with Crippen molar-refractivity contribution >= 4 is 5.97 Å². The number of aryl methyl sites for hydroxylation is 1. The van der Waals surface area contributed by atoms with E-state index in [9.17, 15) is 4.79 Å². The molecule has 0 unspecified atom stereocenters. The van der Waals surface area contributed by atoms with Gasteiger partial charge in [-0.15, -0.1) is 0 Å². The van der Waals surface area contributed by atoms with Crippen LogP contribution in [-0.4, -0.2) is 22.6 Å². The van der Waals surface area contributed by atoms with E-state index in [0.29, 0.717) is 12.8 Å². The minimum Gasteiger partial charge on any atom is -0.469 e. The summed E-state index contributed by atoms with van der Waals surface area (Å²) in [4.78, 5) is 16.2. The molecule has 4 rings (SSSR count). The summed E-state index contributed by atoms with van der Waals surface area (Å²) in [5, 5.41) is 0. The van der Waals surface area contributed by atoms with E-state index in [1.165, 1.54) is 7.11 Å². The highest BCUT2D eigenvalue weighted by Crippen LogP contribution is 2.40. The number of imidazole rings is 1. The normalized spacial score (nSPS) is 11.3. The van der Waals surface area contributed by atoms with Crippen molar-refractivity contribution in [1.29, 1.82) is 0 Å². The molecule has 0 aliphatic rings. The SMILES string of the molecule is COC(=O)CCCc1cn(C(c2ccccc2)(c2ccccc2)c2ccccc2)cn1. The third kappa shape index (κ3) is 4.15. The van der Waals surface area contributed by atoms with E-state index in [-0.39, 0.29) is 5.97 Å². The van der Waals surface area contributed by atoms with Crippen molar-refractivity contribution in [3.05, 3.63) is 126 Å². The number of esters is 1. The molecule has 4 aromatic rings. The van der Waals surface area contributed by atoms with Gasteiger partial charge in [0.05, 0.1) is 19.1 Å². The maximum absolute atomic E-state index is 11.5. The molecule has 3 aromatic carbocycles. The summed E-state index contributed by atoms with van der Waals surface area (Å²) in [5.74, 6) is -0.188. The number of hydrogen-bond acceptors (Lipinski definition) is 3. The van der Waals surface area contributed by atoms with Gasteiger partial charge < -0.3 is 9.30 Å². The summed E-state index contributed by atoms with van der Waals surface area (Å²) in [5.41, 5.74) is 3.87. The molecule has 1 aromatic heterocycles. The van der Waals surface area contributed by atoms with E-state index in [2.05, 4.69) is 83.6 Å². The molecule has 31 heavy (non-hydrogen) atoms. The van der Waals surface area contributed by atoms with Crippen LogP contribution in [0.3, 0.4) is 0 Å². The molecule has 0 atom stereocenters. The number of ether oxygens (including phenoxy) is 1. The molecule has 4 nitrogen and oxygen atoms in total. The predicted octanol–water partition coefficient (Wildman–Crippen LogP) is 5.22. The van der Waals surface area contributed by atoms with Crippen molar-refractivity contribution in [2.75, 3.05) is 7.11 Å². The van der Waals surface area contributed by atoms with Crippen LogP contribution in [0.4, 0.5) is 0 Å². The van der Waals surface area contributed by atoms with Crippen LogP contribution in [-0.2, 0) is 21.5 Å². The van der Waals surface area contributed by atoms with Gasteiger partial charge in [-0.05, 0) is 29.5 Å². The van der Waals surface area contributed by atoms with E-state index >= 15 is 0 Å². The van der Waals surface area contributed by atoms with Gasteiger partial charge in [0.25, 0.3) is 0 Å². The second kappa shape index (κ2) is 9.43. The van der Waals surface area contributed by atoms with E-state index in [1.54, 1.807) is 0 Å². The smallest absolute Gasteiger partial charge is 0.305 e. The second-order valence-corrected chi connectivity index (χ2v) is 7.51. The summed E-state index contributed by atoms with van der Waals surface area (Å²) in [7, 11) is 1.42. The van der Waals surface area contributed by atoms with E-state index in [1.807, 2.05) is 24.5 Å². The Morgan fingerprint density at radius 3 is 1.77 bits per heavy atom. The number of hydrogen-bond donors (Lipinski definition) is 0. The number of rotatable bonds is 8. The zero-order valence-corrected chi connectivity index (χ0v) is 17.6. The minimum absolute atomic E-state index is 0.188. The number of aromatic nitrogens is 2. The van der Waals surface area contributed by atoms with Gasteiger partial charge in [-0.25, -0.2) is 4.98 Å². The first-order valence-electron chi connectivity index (χ1n) is 10.5. The highest BCUT2D eigenvalue weighted by atomic mass is 16.5. The van der Waals surface area contributed by atoms with Crippen molar-refractivity contribution in [2.45, 2.75) is 24.8 Å². The number of carbonyl (C=O) groups is 1. The Kier molecular flexibility index (Phi) is 6.27. The Morgan fingerprint density at radius 1 is 0.839 bits per heavy atom. The van der Waals surface area contributed by atoms with Crippen LogP contribution >= 0.6 is 0 Å². The molecule has 0 amide bonds. The quantitative estimate of drug-likeness (QED) is 0.295. The van der Waals surface area contributed by atoms with Crippen LogP contribution in [0.25, 0.3) is 0 Å². The lowest BCUT2D eigenvalue weighted by Gasteiger charge is -2.37. The monoisotopic (exact) mass is 410 g/mol. The number of carbonyl (C=O) groups excluding carboxylic acids is 1. The topological polar surface area (TPSA) is 44.1 Å². The first-order chi connectivity index (χ1) is 15.2. The fourth-order valence-electron chi connectivity index (χ4n) is 4.18. The Morgan fingerprint density at radius 2 is 1.32 bits per heavy atom. The molecule has 1 heterocycles. The lowest BCUT2D eigenvalue weighted by molar-refractivity contribution is -0.140. The summed E-state index contributed by atoms with van der Waals surface area (Å²) >= 11 is 0. The second-order valence-electron chi connectivity index (χ2n) is 7.51. The van der Waals surface area contributed by atoms with Gasteiger partial charge >= 0.3 is 5.97 Å². The van der Waals surface area contributed by atoms with E-state index < -0.39 is 5.54 Å². The van der Waals surface area contributed by atoms with Crippen LogP contribution in [0, 0.1) is 0 Å². The van der Waals surface area contributed by atoms with Crippen molar-refractivity contribution in [1.82, 2.24) is 9.55 Å². The number of methoxy groups -OCH3 is 1. The van der Waals surface area contributed by atoms with Crippen LogP contribution in [0.1, 0.15) is 35.2 Å². The molecule has 0 aliphatic heterocycles. The molecule has 0 fully saturated rings. The summed E-state index contributed by atoms with van der Waals surface area (Å²) in [6.07, 6.45) is 5.82. The first kappa shape index (κ1) is 20.6. The first-order valence-corrected chi connectivity index (χ1v) is 10.5. The van der Waals surface area contributed by atoms with Crippen LogP contribution in [0.2, 0.25) is 0 Å². The average molecular weight is 411 g/mol. The molecular formula is C27H26N2O2. The van der Waals surface area contributed by atoms with Gasteiger partial charge in [0.1, 0.15) is 5.54 Å². The largest absolute Gasteiger partial charge is 0.469 e. The van der Waals surface area contributed by atoms with Crippen LogP contribution in [0.5, 0.6) is 0 Å². The highest BCUT2D eigenvalue weighted by molar-refractivity contribution is 5.69. The molecule has 156 valence electrons. The summed E-state index contributed by atoms with van der Waals surface area (Å²) in [6, 6.07) is 31.5. The third-order valence-corrected chi connectivity index (χ3v) is 5.64. The zero-order chi connectivity index (χ0) is 21.5. The minimum atomic E-state index is -0.558. The van der Waals surface area contributed by atoms with Gasteiger partial charge in [-0.1, -0.05) is 91.0 Å². The van der Waals surface area contributed by atoms with Crippen LogP contribution < -0.4 is 0 Å². The molecule has 0 radical (unpaired) electrons. The lowest BCUT2D eigenvalue weighted by atomic mass is 9.77. The highest BCUT2D eigenvalue weighted by Gasteiger charge is 2.38. The van der Waals surface area contributed by atoms with Gasteiger partial charge in [0.15, 0.2) is 0 Å². The maximum atomic E-state index is 11.5. The molecular weight excluding hydrogens is 384 g/mol. The summed E-state index contributed by atoms with van der Waals surface area (Å²) in [6.45, 7) is 0. The predicted molar refractivity (Wildman–Crippen MR) is 122 cm³/mol. The van der Waals surface area contributed by atoms with Crippen molar-refractivity contribution in [2.24, 2.45) is 0 Å². The fraction of sp³-hybridized carbons (Fsp3) is 0.185. The number of nitrogens with zero attached hydrogens (tertiary/aromatic N) is 2. The zero-order valence-electron chi connectivity index (χ0n) is 17.6. The van der Waals surface area contributed by atoms with Crippen molar-refractivity contribution < 1.29 is 9.53 Å². The fourth-order valence-corrected chi connectivity index (χ4v) is 4.18. The Hall–Kier alpha value is -3.66. The van der Waals surface area contributed by atoms with Crippen molar-refractivity contribution in [3.8, 4) is 0 Å². The van der Waals surface area contributed by atoms with Crippen molar-refractivity contribution in [3.63, 3.8) is 0 Å². The standard InChI is InChI=1S/C27H26N2O2/c1-31-26(30)19-11-18-25-20-29(21-28-25)27(22-12-5-2-6-13-22,23-14-7-3-8-15-23)24-16-9-4-10-17-24/h2-10,12-17,20-21H,11,18-19H2,1H3. The Labute approximate surface area is 183 Å². The Bertz CT molecular complexity index is 1010. The number of benzene rings is 3. The van der Waals surface area contributed by atoms with Gasteiger partial charge in [0.2, 0.25) is 0 Å². The van der Waals surface area contributed by atoms with Crippen LogP contribution in [0.15, 0.2) is 104 Å². The molecule has 4 heteroatoms. The average Bonchev–Trinajstić information content (AvgIpc) is 3.30. The molecule has 0 saturated carbocycles. The maximum Gasteiger partial charge on any atom is 0.305 e. The van der Waals surface area contributed by atoms with E-state index in [4.69, 9.17) is 9.72 Å². The molecule has 0 bridgehead atoms. The van der Waals surface area contributed by atoms with Gasteiger partial charge in [-0.3, -0.25) is 4.79 Å². The van der Waals surface area contributed by atoms with Gasteiger partial charge in [0, 0.05) is 12.6 Å². The molecule has 0 saturated heterocycles. The van der Waals surface area contributed by atoms with Gasteiger partial charge in [-0.2, -0.15) is 0 Å². The van der Waals surface area contributed by atoms with E-state index in [0.717, 1.165) is 28.8 Å². The lowest BCUT2D eigenvalue weighted by Crippen LogP contribution is -2.36. The molecule has 0 N–H and O–H groups in total. The molecule has 0 aliphatic carbocycles.